The summed E-state index contributed by atoms with van der Waals surface area (Å²) in [7, 11) is -3.65. The molecule has 0 amide bonds. The van der Waals surface area contributed by atoms with Gasteiger partial charge in [-0.2, -0.15) is 5.26 Å². The molecule has 0 bridgehead atoms. The number of aryl methyl sites for hydroxylation is 1. The first-order chi connectivity index (χ1) is 13.8. The molecule has 0 saturated carbocycles. The molecule has 3 rings (SSSR count). The summed E-state index contributed by atoms with van der Waals surface area (Å²) in [6.45, 7) is 8.03. The second-order valence-electron chi connectivity index (χ2n) is 7.74. The maximum atomic E-state index is 12.7. The van der Waals surface area contributed by atoms with Crippen LogP contribution in [0.15, 0.2) is 47.4 Å². The van der Waals surface area contributed by atoms with E-state index >= 15 is 0 Å². The predicted molar refractivity (Wildman–Crippen MR) is 112 cm³/mol. The van der Waals surface area contributed by atoms with Crippen LogP contribution in [0.1, 0.15) is 37.0 Å². The van der Waals surface area contributed by atoms with E-state index in [0.29, 0.717) is 12.1 Å². The molecule has 1 heterocycles. The number of nitrogens with one attached hydrogen (secondary N) is 1. The van der Waals surface area contributed by atoms with Crippen molar-refractivity contribution in [2.24, 2.45) is 0 Å². The minimum Gasteiger partial charge on any atom is -0.491 e. The lowest BCUT2D eigenvalue weighted by atomic mass is 10.1. The van der Waals surface area contributed by atoms with E-state index < -0.39 is 10.0 Å². The number of sulfonamides is 1. The highest BCUT2D eigenvalue weighted by Crippen LogP contribution is 2.20. The molecule has 1 aliphatic rings. The topological polar surface area (TPSA) is 82.4 Å². The van der Waals surface area contributed by atoms with Crippen LogP contribution in [-0.2, 0) is 16.6 Å². The zero-order valence-corrected chi connectivity index (χ0v) is 17.9. The number of ether oxygens (including phenoxy) is 1. The second-order valence-corrected chi connectivity index (χ2v) is 9.46. The summed E-state index contributed by atoms with van der Waals surface area (Å²) in [6.07, 6.45) is 0.899. The fourth-order valence-corrected chi connectivity index (χ4v) is 4.74. The van der Waals surface area contributed by atoms with Crippen molar-refractivity contribution in [1.82, 2.24) is 9.62 Å². The molecular weight excluding hydrogens is 386 g/mol. The van der Waals surface area contributed by atoms with Gasteiger partial charge in [-0.05, 0) is 62.6 Å². The van der Waals surface area contributed by atoms with Crippen LogP contribution in [0.25, 0.3) is 0 Å². The highest BCUT2D eigenvalue weighted by Gasteiger charge is 2.27. The van der Waals surface area contributed by atoms with Crippen LogP contribution in [0, 0.1) is 18.3 Å². The van der Waals surface area contributed by atoms with Gasteiger partial charge in [0.2, 0.25) is 10.0 Å². The molecule has 2 aromatic carbocycles. The third-order valence-corrected chi connectivity index (χ3v) is 6.45. The molecule has 1 saturated heterocycles. The highest BCUT2D eigenvalue weighted by atomic mass is 32.2. The number of hydrogen-bond acceptors (Lipinski definition) is 5. The molecule has 0 aliphatic carbocycles. The Hall–Kier alpha value is -2.40. The molecule has 0 unspecified atom stereocenters. The first kappa shape index (κ1) is 21.3. The average Bonchev–Trinajstić information content (AvgIpc) is 3.09. The first-order valence-electron chi connectivity index (χ1n) is 9.78. The normalized spacial score (nSPS) is 17.4. The Labute approximate surface area is 173 Å². The van der Waals surface area contributed by atoms with Crippen molar-refractivity contribution in [3.8, 4) is 11.8 Å². The minimum atomic E-state index is -3.65. The molecule has 0 radical (unpaired) electrons. The molecule has 0 spiro atoms. The average molecular weight is 414 g/mol. The molecule has 6 nitrogen and oxygen atoms in total. The molecular formula is C22H27N3O3S. The molecule has 1 aliphatic heterocycles. The fourth-order valence-electron chi connectivity index (χ4n) is 3.45. The third kappa shape index (κ3) is 5.57. The lowest BCUT2D eigenvalue weighted by Gasteiger charge is -2.17. The predicted octanol–water partition coefficient (Wildman–Crippen LogP) is 3.21. The molecule has 0 aromatic heterocycles. The van der Waals surface area contributed by atoms with Crippen molar-refractivity contribution in [1.29, 1.82) is 5.26 Å². The van der Waals surface area contributed by atoms with Crippen molar-refractivity contribution >= 4 is 10.0 Å². The van der Waals surface area contributed by atoms with E-state index in [-0.39, 0.29) is 17.0 Å². The van der Waals surface area contributed by atoms with Gasteiger partial charge in [0, 0.05) is 25.7 Å². The molecule has 1 atom stereocenters. The number of rotatable bonds is 7. The highest BCUT2D eigenvalue weighted by molar-refractivity contribution is 7.89. The number of benzene rings is 2. The van der Waals surface area contributed by atoms with E-state index in [2.05, 4.69) is 9.62 Å². The molecule has 1 fully saturated rings. The van der Waals surface area contributed by atoms with Gasteiger partial charge in [-0.3, -0.25) is 4.90 Å². The lowest BCUT2D eigenvalue weighted by molar-refractivity contribution is 0.242. The van der Waals surface area contributed by atoms with E-state index in [1.54, 1.807) is 19.1 Å². The fraction of sp³-hybridized carbons (Fsp3) is 0.409. The maximum Gasteiger partial charge on any atom is 0.240 e. The van der Waals surface area contributed by atoms with Gasteiger partial charge >= 0.3 is 0 Å². The van der Waals surface area contributed by atoms with Crippen molar-refractivity contribution < 1.29 is 13.2 Å². The van der Waals surface area contributed by atoms with E-state index in [9.17, 15) is 8.42 Å². The van der Waals surface area contributed by atoms with Crippen LogP contribution in [0.3, 0.4) is 0 Å². The van der Waals surface area contributed by atoms with E-state index in [0.717, 1.165) is 30.8 Å². The monoisotopic (exact) mass is 413 g/mol. The summed E-state index contributed by atoms with van der Waals surface area (Å²) in [6, 6.07) is 14.6. The third-order valence-electron chi connectivity index (χ3n) is 4.94. The summed E-state index contributed by atoms with van der Waals surface area (Å²) in [4.78, 5) is 2.38. The Morgan fingerprint density at radius 1 is 1.24 bits per heavy atom. The molecule has 7 heteroatoms. The summed E-state index contributed by atoms with van der Waals surface area (Å²) in [5.74, 6) is 0.852. The van der Waals surface area contributed by atoms with Crippen LogP contribution in [-0.4, -0.2) is 38.6 Å². The number of nitrogens with zero attached hydrogens (tertiary/aromatic N) is 2. The van der Waals surface area contributed by atoms with Gasteiger partial charge in [0.25, 0.3) is 0 Å². The van der Waals surface area contributed by atoms with E-state index in [4.69, 9.17) is 10.00 Å². The van der Waals surface area contributed by atoms with Crippen molar-refractivity contribution in [2.45, 2.75) is 50.8 Å². The van der Waals surface area contributed by atoms with Crippen LogP contribution < -0.4 is 9.46 Å². The minimum absolute atomic E-state index is 0.138. The second kappa shape index (κ2) is 8.95. The van der Waals surface area contributed by atoms with Gasteiger partial charge in [-0.1, -0.05) is 18.2 Å². The van der Waals surface area contributed by atoms with Gasteiger partial charge in [-0.15, -0.1) is 0 Å². The van der Waals surface area contributed by atoms with Crippen molar-refractivity contribution in [3.63, 3.8) is 0 Å². The first-order valence-corrected chi connectivity index (χ1v) is 11.3. The molecule has 154 valence electrons. The van der Waals surface area contributed by atoms with Crippen LogP contribution in [0.5, 0.6) is 5.75 Å². The quantitative estimate of drug-likeness (QED) is 0.754. The Kier molecular flexibility index (Phi) is 6.58. The van der Waals surface area contributed by atoms with Crippen molar-refractivity contribution in [3.05, 3.63) is 59.2 Å². The molecule has 2 aromatic rings. The zero-order valence-electron chi connectivity index (χ0n) is 17.1. The Morgan fingerprint density at radius 2 is 1.97 bits per heavy atom. The maximum absolute atomic E-state index is 12.7. The zero-order chi connectivity index (χ0) is 21.0. The summed E-state index contributed by atoms with van der Waals surface area (Å²) in [5.41, 5.74) is 2.32. The van der Waals surface area contributed by atoms with E-state index in [1.807, 2.05) is 44.2 Å². The summed E-state index contributed by atoms with van der Waals surface area (Å²) < 4.78 is 33.9. The smallest absolute Gasteiger partial charge is 0.240 e. The van der Waals surface area contributed by atoms with Gasteiger partial charge < -0.3 is 4.74 Å². The van der Waals surface area contributed by atoms with Gasteiger partial charge in [-0.25, -0.2) is 13.1 Å². The SMILES string of the molecule is Cc1ccc(S(=O)(=O)N[C@@H]2CCN(Cc3ccc(OC(C)C)cc3)C2)cc1C#N. The standard InChI is InChI=1S/C22H27N3O3S/c1-16(2)28-21-7-5-18(6-8-21)14-25-11-10-20(15-25)24-29(26,27)22-9-4-17(3)19(12-22)13-23/h4-9,12,16,20,24H,10-11,14-15H2,1-3H3/t20-/m1/s1. The van der Waals surface area contributed by atoms with Gasteiger partial charge in [0.15, 0.2) is 0 Å². The van der Waals surface area contributed by atoms with Crippen LogP contribution in [0.2, 0.25) is 0 Å². The van der Waals surface area contributed by atoms with E-state index in [1.165, 1.54) is 11.6 Å². The number of likely N-dealkylation sites (tertiary alicyclic amines) is 1. The largest absolute Gasteiger partial charge is 0.491 e. The van der Waals surface area contributed by atoms with Crippen LogP contribution >= 0.6 is 0 Å². The molecule has 1 N–H and O–H groups in total. The van der Waals surface area contributed by atoms with Gasteiger partial charge in [0.05, 0.1) is 22.6 Å². The Morgan fingerprint density at radius 3 is 2.62 bits per heavy atom. The number of nitriles is 1. The lowest BCUT2D eigenvalue weighted by Crippen LogP contribution is -2.37. The number of hydrogen-bond donors (Lipinski definition) is 1. The summed E-state index contributed by atoms with van der Waals surface area (Å²) in [5, 5.41) is 9.15. The van der Waals surface area contributed by atoms with Gasteiger partial charge in [0.1, 0.15) is 5.75 Å². The molecule has 29 heavy (non-hydrogen) atoms. The Balaban J connectivity index is 1.59. The van der Waals surface area contributed by atoms with Crippen LogP contribution in [0.4, 0.5) is 0 Å². The summed E-state index contributed by atoms with van der Waals surface area (Å²) >= 11 is 0. The van der Waals surface area contributed by atoms with Crippen molar-refractivity contribution in [2.75, 3.05) is 13.1 Å². The Bertz CT molecular complexity index is 995.